The zero-order chi connectivity index (χ0) is 27.4. The molecule has 0 unspecified atom stereocenters. The Kier molecular flexibility index (Phi) is 7.24. The summed E-state index contributed by atoms with van der Waals surface area (Å²) in [4.78, 5) is 36.0. The van der Waals surface area contributed by atoms with Crippen molar-refractivity contribution < 1.29 is 4.74 Å². The van der Waals surface area contributed by atoms with Gasteiger partial charge < -0.3 is 4.74 Å². The Hall–Kier alpha value is -5.15. The normalized spacial score (nSPS) is 11.6. The number of halogens is 1. The number of hydrogen-bond acceptors (Lipinski definition) is 9. The van der Waals surface area contributed by atoms with Crippen LogP contribution in [-0.4, -0.2) is 39.3 Å². The topological polar surface area (TPSA) is 146 Å². The van der Waals surface area contributed by atoms with Crippen LogP contribution in [0.2, 0.25) is 5.02 Å². The highest BCUT2D eigenvalue weighted by Gasteiger charge is 2.17. The molecule has 2 aromatic carbocycles. The van der Waals surface area contributed by atoms with Crippen molar-refractivity contribution in [2.24, 2.45) is 0 Å². The van der Waals surface area contributed by atoms with Gasteiger partial charge in [0.15, 0.2) is 12.1 Å². The first-order valence-corrected chi connectivity index (χ1v) is 12.1. The summed E-state index contributed by atoms with van der Waals surface area (Å²) in [5.41, 5.74) is 0.981. The van der Waals surface area contributed by atoms with Crippen molar-refractivity contribution >= 4 is 11.6 Å². The van der Waals surface area contributed by atoms with Gasteiger partial charge in [-0.1, -0.05) is 23.7 Å². The third-order valence-corrected chi connectivity index (χ3v) is 6.10. The van der Waals surface area contributed by atoms with Crippen LogP contribution in [0, 0.1) is 11.3 Å². The Labute approximate surface area is 226 Å². The fourth-order valence-electron chi connectivity index (χ4n) is 3.92. The van der Waals surface area contributed by atoms with Crippen molar-refractivity contribution in [1.29, 1.82) is 5.26 Å². The maximum absolute atomic E-state index is 13.7. The number of benzene rings is 2. The molecule has 1 atom stereocenters. The zero-order valence-corrected chi connectivity index (χ0v) is 21.3. The lowest BCUT2D eigenvalue weighted by atomic mass is 10.1. The van der Waals surface area contributed by atoms with E-state index in [0.29, 0.717) is 27.8 Å². The molecule has 5 aromatic rings. The molecule has 0 saturated carbocycles. The molecule has 0 amide bonds. The molecule has 0 saturated heterocycles. The van der Waals surface area contributed by atoms with Gasteiger partial charge in [-0.3, -0.25) is 13.9 Å². The third kappa shape index (κ3) is 5.73. The quantitative estimate of drug-likeness (QED) is 0.289. The first kappa shape index (κ1) is 25.5. The maximum Gasteiger partial charge on any atom is 0.331 e. The molecule has 0 aliphatic carbocycles. The molecule has 39 heavy (non-hydrogen) atoms. The van der Waals surface area contributed by atoms with Gasteiger partial charge in [-0.2, -0.15) is 10.1 Å². The van der Waals surface area contributed by atoms with E-state index >= 15 is 0 Å². The van der Waals surface area contributed by atoms with E-state index in [4.69, 9.17) is 21.6 Å². The molecule has 13 heteroatoms. The summed E-state index contributed by atoms with van der Waals surface area (Å²) < 4.78 is 8.45. The first-order chi connectivity index (χ1) is 18.9. The fraction of sp³-hybridized carbons (Fsp3) is 0.154. The van der Waals surface area contributed by atoms with Gasteiger partial charge in [-0.25, -0.2) is 14.8 Å². The van der Waals surface area contributed by atoms with Crippen molar-refractivity contribution in [3.63, 3.8) is 0 Å². The molecule has 5 rings (SSSR count). The number of nitrogens with zero attached hydrogens (tertiary/aromatic N) is 9. The predicted molar refractivity (Wildman–Crippen MR) is 140 cm³/mol. The molecule has 0 aliphatic heterocycles. The van der Waals surface area contributed by atoms with Crippen LogP contribution >= 0.6 is 11.6 Å². The number of hydrogen-bond donors (Lipinski definition) is 0. The predicted octanol–water partition coefficient (Wildman–Crippen LogP) is 3.08. The van der Waals surface area contributed by atoms with Crippen LogP contribution in [0.3, 0.4) is 0 Å². The average molecular weight is 542 g/mol. The number of rotatable bonds is 8. The standard InChI is InChI=1S/C26H20ClN9O3/c1-17(36-32-16-31-33-36)14-35-25(37)10-23(34(26(35)38)15-18-2-6-20(27)7-3-18)19-4-8-21(9-5-19)39-22-12-29-24(11-28)30-13-22/h2-10,12-13,16-17H,14-15H2,1H3/t17-/m0/s1. The summed E-state index contributed by atoms with van der Waals surface area (Å²) in [7, 11) is 0. The van der Waals surface area contributed by atoms with E-state index in [1.807, 2.05) is 18.2 Å². The second kappa shape index (κ2) is 11.1. The zero-order valence-electron chi connectivity index (χ0n) is 20.5. The molecule has 0 radical (unpaired) electrons. The average Bonchev–Trinajstić information content (AvgIpc) is 3.50. The minimum Gasteiger partial charge on any atom is -0.454 e. The molecule has 0 spiro atoms. The van der Waals surface area contributed by atoms with Crippen LogP contribution in [0.4, 0.5) is 0 Å². The largest absolute Gasteiger partial charge is 0.454 e. The number of tetrazole rings is 1. The van der Waals surface area contributed by atoms with Crippen LogP contribution in [0.15, 0.2) is 82.9 Å². The summed E-state index contributed by atoms with van der Waals surface area (Å²) in [6, 6.07) is 16.9. The number of ether oxygens (including phenoxy) is 1. The van der Waals surface area contributed by atoms with Crippen LogP contribution in [-0.2, 0) is 13.1 Å². The van der Waals surface area contributed by atoms with Gasteiger partial charge in [-0.15, -0.1) is 10.2 Å². The SMILES string of the molecule is C[C@@H](Cn1c(=O)cc(-c2ccc(Oc3cnc(C#N)nc3)cc2)n(Cc2ccc(Cl)cc2)c1=O)n1ncnn1. The summed E-state index contributed by atoms with van der Waals surface area (Å²) >= 11 is 6.05. The molecule has 0 aliphatic rings. The minimum absolute atomic E-state index is 0.0398. The highest BCUT2D eigenvalue weighted by Crippen LogP contribution is 2.25. The maximum atomic E-state index is 13.7. The van der Waals surface area contributed by atoms with E-state index in [1.165, 1.54) is 34.2 Å². The van der Waals surface area contributed by atoms with Crippen LogP contribution in [0.1, 0.15) is 24.4 Å². The monoisotopic (exact) mass is 541 g/mol. The Morgan fingerprint density at radius 2 is 1.72 bits per heavy atom. The smallest absolute Gasteiger partial charge is 0.331 e. The molecule has 3 aromatic heterocycles. The molecular weight excluding hydrogens is 522 g/mol. The summed E-state index contributed by atoms with van der Waals surface area (Å²) in [5.74, 6) is 0.888. The highest BCUT2D eigenvalue weighted by molar-refractivity contribution is 6.30. The summed E-state index contributed by atoms with van der Waals surface area (Å²) in [5, 5.41) is 21.0. The molecule has 0 fully saturated rings. The Morgan fingerprint density at radius 3 is 2.36 bits per heavy atom. The number of nitriles is 1. The molecule has 12 nitrogen and oxygen atoms in total. The van der Waals surface area contributed by atoms with Crippen LogP contribution < -0.4 is 16.0 Å². The molecule has 194 valence electrons. The van der Waals surface area contributed by atoms with Gasteiger partial charge in [-0.05, 0) is 59.7 Å². The van der Waals surface area contributed by atoms with Crippen LogP contribution in [0.25, 0.3) is 11.3 Å². The number of aromatic nitrogens is 8. The summed E-state index contributed by atoms with van der Waals surface area (Å²) in [6.45, 7) is 2.07. The molecular formula is C26H20ClN9O3. The van der Waals surface area contributed by atoms with E-state index in [9.17, 15) is 9.59 Å². The molecule has 0 N–H and O–H groups in total. The molecule has 0 bridgehead atoms. The Balaban J connectivity index is 1.51. The van der Waals surface area contributed by atoms with Gasteiger partial charge in [0, 0.05) is 11.1 Å². The van der Waals surface area contributed by atoms with Crippen molar-refractivity contribution in [1.82, 2.24) is 39.3 Å². The van der Waals surface area contributed by atoms with E-state index < -0.39 is 11.2 Å². The van der Waals surface area contributed by atoms with Gasteiger partial charge in [0.05, 0.1) is 37.2 Å². The van der Waals surface area contributed by atoms with Gasteiger partial charge in [0.1, 0.15) is 11.8 Å². The molecule has 3 heterocycles. The highest BCUT2D eigenvalue weighted by atomic mass is 35.5. The van der Waals surface area contributed by atoms with Crippen molar-refractivity contribution in [2.75, 3.05) is 0 Å². The Morgan fingerprint density at radius 1 is 1.00 bits per heavy atom. The van der Waals surface area contributed by atoms with E-state index in [2.05, 4.69) is 25.4 Å². The van der Waals surface area contributed by atoms with E-state index in [0.717, 1.165) is 10.1 Å². The summed E-state index contributed by atoms with van der Waals surface area (Å²) in [6.07, 6.45) is 4.10. The minimum atomic E-state index is -0.477. The van der Waals surface area contributed by atoms with Crippen molar-refractivity contribution in [3.05, 3.63) is 111 Å². The Bertz CT molecular complexity index is 1740. The first-order valence-electron chi connectivity index (χ1n) is 11.7. The lowest BCUT2D eigenvalue weighted by Gasteiger charge is -2.18. The van der Waals surface area contributed by atoms with E-state index in [1.54, 1.807) is 43.3 Å². The second-order valence-electron chi connectivity index (χ2n) is 8.56. The van der Waals surface area contributed by atoms with E-state index in [-0.39, 0.29) is 25.0 Å². The lowest BCUT2D eigenvalue weighted by molar-refractivity contribution is 0.362. The van der Waals surface area contributed by atoms with Crippen molar-refractivity contribution in [2.45, 2.75) is 26.1 Å². The second-order valence-corrected chi connectivity index (χ2v) is 9.00. The van der Waals surface area contributed by atoms with Crippen LogP contribution in [0.5, 0.6) is 11.5 Å². The third-order valence-electron chi connectivity index (χ3n) is 5.85. The fourth-order valence-corrected chi connectivity index (χ4v) is 4.04. The van der Waals surface area contributed by atoms with Gasteiger partial charge >= 0.3 is 5.69 Å². The lowest BCUT2D eigenvalue weighted by Crippen LogP contribution is -2.42. The van der Waals surface area contributed by atoms with Gasteiger partial charge in [0.25, 0.3) is 5.56 Å². The van der Waals surface area contributed by atoms with Gasteiger partial charge in [0.2, 0.25) is 5.82 Å². The van der Waals surface area contributed by atoms with Crippen molar-refractivity contribution in [3.8, 4) is 28.8 Å².